The number of nitrogens with zero attached hydrogens (tertiary/aromatic N) is 2. The lowest BCUT2D eigenvalue weighted by Crippen LogP contribution is -2.41. The first-order chi connectivity index (χ1) is 8.35. The standard InChI is InChI=1S/C13H23N3S/c1-3-11-10-17-13(15-11)16-9-5-4-6-12(16)7-8-14-2/h10,12,14H,3-9H2,1-2H3. The summed E-state index contributed by atoms with van der Waals surface area (Å²) in [6.07, 6.45) is 6.29. The van der Waals surface area contributed by atoms with Gasteiger partial charge in [-0.2, -0.15) is 0 Å². The number of hydrogen-bond donors (Lipinski definition) is 1. The van der Waals surface area contributed by atoms with E-state index in [0.29, 0.717) is 6.04 Å². The van der Waals surface area contributed by atoms with Gasteiger partial charge < -0.3 is 10.2 Å². The zero-order valence-electron chi connectivity index (χ0n) is 10.9. The summed E-state index contributed by atoms with van der Waals surface area (Å²) in [6.45, 7) is 4.46. The molecule has 0 saturated carbocycles. The number of aryl methyl sites for hydroxylation is 1. The van der Waals surface area contributed by atoms with Crippen LogP contribution in [0.15, 0.2) is 5.38 Å². The Kier molecular flexibility index (Phi) is 4.80. The van der Waals surface area contributed by atoms with Gasteiger partial charge in [-0.05, 0) is 45.7 Å². The third-order valence-corrected chi connectivity index (χ3v) is 4.43. The lowest BCUT2D eigenvalue weighted by Gasteiger charge is -2.35. The van der Waals surface area contributed by atoms with Crippen molar-refractivity contribution in [2.45, 2.75) is 45.1 Å². The maximum Gasteiger partial charge on any atom is 0.185 e. The molecule has 1 unspecified atom stereocenters. The van der Waals surface area contributed by atoms with Crippen molar-refractivity contribution in [3.05, 3.63) is 11.1 Å². The molecule has 1 aromatic rings. The summed E-state index contributed by atoms with van der Waals surface area (Å²) in [4.78, 5) is 7.27. The van der Waals surface area contributed by atoms with Crippen LogP contribution in [0.4, 0.5) is 5.13 Å². The molecule has 17 heavy (non-hydrogen) atoms. The molecule has 96 valence electrons. The highest BCUT2D eigenvalue weighted by atomic mass is 32.1. The fourth-order valence-electron chi connectivity index (χ4n) is 2.45. The highest BCUT2D eigenvalue weighted by Gasteiger charge is 2.24. The lowest BCUT2D eigenvalue weighted by molar-refractivity contribution is 0.433. The van der Waals surface area contributed by atoms with Crippen molar-refractivity contribution in [3.63, 3.8) is 0 Å². The Morgan fingerprint density at radius 2 is 2.41 bits per heavy atom. The number of anilines is 1. The number of piperidine rings is 1. The van der Waals surface area contributed by atoms with Gasteiger partial charge in [-0.15, -0.1) is 11.3 Å². The molecule has 2 rings (SSSR count). The van der Waals surface area contributed by atoms with Crippen molar-refractivity contribution >= 4 is 16.5 Å². The van der Waals surface area contributed by atoms with E-state index in [1.165, 1.54) is 43.1 Å². The average Bonchev–Trinajstić information content (AvgIpc) is 2.85. The van der Waals surface area contributed by atoms with Crippen LogP contribution in [0.5, 0.6) is 0 Å². The summed E-state index contributed by atoms with van der Waals surface area (Å²) in [6, 6.07) is 0.687. The molecule has 0 amide bonds. The van der Waals surface area contributed by atoms with Gasteiger partial charge in [0, 0.05) is 18.0 Å². The first-order valence-corrected chi connectivity index (χ1v) is 7.58. The molecule has 1 fully saturated rings. The molecule has 1 N–H and O–H groups in total. The maximum absolute atomic E-state index is 4.73. The number of nitrogens with one attached hydrogen (secondary N) is 1. The Bertz CT molecular complexity index is 337. The molecule has 1 aliphatic rings. The topological polar surface area (TPSA) is 28.2 Å². The molecule has 0 aliphatic carbocycles. The van der Waals surface area contributed by atoms with Gasteiger partial charge in [0.1, 0.15) is 0 Å². The summed E-state index contributed by atoms with van der Waals surface area (Å²) in [5, 5.41) is 6.71. The Hall–Kier alpha value is -0.610. The fraction of sp³-hybridized carbons (Fsp3) is 0.769. The quantitative estimate of drug-likeness (QED) is 0.874. The average molecular weight is 253 g/mol. The SMILES string of the molecule is CCc1csc(N2CCCCC2CCNC)n1. The van der Waals surface area contributed by atoms with Gasteiger partial charge in [-0.3, -0.25) is 0 Å². The molecule has 4 heteroatoms. The van der Waals surface area contributed by atoms with Gasteiger partial charge in [0.25, 0.3) is 0 Å². The number of hydrogen-bond acceptors (Lipinski definition) is 4. The van der Waals surface area contributed by atoms with Gasteiger partial charge in [-0.1, -0.05) is 6.92 Å². The first kappa shape index (κ1) is 12.8. The van der Waals surface area contributed by atoms with Crippen molar-refractivity contribution in [1.29, 1.82) is 0 Å². The minimum Gasteiger partial charge on any atom is -0.345 e. The monoisotopic (exact) mass is 253 g/mol. The van der Waals surface area contributed by atoms with E-state index in [1.54, 1.807) is 0 Å². The summed E-state index contributed by atoms with van der Waals surface area (Å²) in [7, 11) is 2.03. The van der Waals surface area contributed by atoms with Crippen molar-refractivity contribution in [2.24, 2.45) is 0 Å². The van der Waals surface area contributed by atoms with E-state index in [4.69, 9.17) is 4.98 Å². The number of thiazole rings is 1. The summed E-state index contributed by atoms with van der Waals surface area (Å²) in [5.41, 5.74) is 1.24. The normalized spacial score (nSPS) is 20.8. The Morgan fingerprint density at radius 1 is 1.53 bits per heavy atom. The third-order valence-electron chi connectivity index (χ3n) is 3.50. The molecule has 1 aromatic heterocycles. The zero-order valence-corrected chi connectivity index (χ0v) is 11.7. The number of rotatable bonds is 5. The molecule has 0 spiro atoms. The van der Waals surface area contributed by atoms with E-state index < -0.39 is 0 Å². The molecular weight excluding hydrogens is 230 g/mol. The van der Waals surface area contributed by atoms with Crippen LogP contribution in [0.1, 0.15) is 38.3 Å². The molecule has 1 atom stereocenters. The van der Waals surface area contributed by atoms with Crippen molar-refractivity contribution < 1.29 is 0 Å². The van der Waals surface area contributed by atoms with Crippen molar-refractivity contribution in [2.75, 3.05) is 25.0 Å². The lowest BCUT2D eigenvalue weighted by atomic mass is 10.00. The summed E-state index contributed by atoms with van der Waals surface area (Å²) < 4.78 is 0. The van der Waals surface area contributed by atoms with E-state index in [9.17, 15) is 0 Å². The van der Waals surface area contributed by atoms with Crippen LogP contribution >= 0.6 is 11.3 Å². The Labute approximate surface area is 108 Å². The van der Waals surface area contributed by atoms with Crippen LogP contribution in [0.3, 0.4) is 0 Å². The third kappa shape index (κ3) is 3.19. The van der Waals surface area contributed by atoms with Crippen LogP contribution in [0, 0.1) is 0 Å². The molecule has 0 aromatic carbocycles. The Morgan fingerprint density at radius 3 is 3.12 bits per heavy atom. The highest BCUT2D eigenvalue weighted by molar-refractivity contribution is 7.13. The fourth-order valence-corrected chi connectivity index (χ4v) is 3.46. The van der Waals surface area contributed by atoms with Gasteiger partial charge >= 0.3 is 0 Å². The van der Waals surface area contributed by atoms with Crippen molar-refractivity contribution in [3.8, 4) is 0 Å². The van der Waals surface area contributed by atoms with E-state index >= 15 is 0 Å². The number of aromatic nitrogens is 1. The van der Waals surface area contributed by atoms with Crippen LogP contribution in [0.2, 0.25) is 0 Å². The molecular formula is C13H23N3S. The van der Waals surface area contributed by atoms with E-state index in [2.05, 4.69) is 22.5 Å². The van der Waals surface area contributed by atoms with Gasteiger partial charge in [0.2, 0.25) is 0 Å². The van der Waals surface area contributed by atoms with Gasteiger partial charge in [-0.25, -0.2) is 4.98 Å². The van der Waals surface area contributed by atoms with Crippen LogP contribution < -0.4 is 10.2 Å². The molecule has 1 aliphatic heterocycles. The second-order valence-electron chi connectivity index (χ2n) is 4.71. The van der Waals surface area contributed by atoms with Crippen molar-refractivity contribution in [1.82, 2.24) is 10.3 Å². The smallest absolute Gasteiger partial charge is 0.185 e. The largest absolute Gasteiger partial charge is 0.345 e. The van der Waals surface area contributed by atoms with Gasteiger partial charge in [0.15, 0.2) is 5.13 Å². The highest BCUT2D eigenvalue weighted by Crippen LogP contribution is 2.29. The minimum atomic E-state index is 0.687. The molecule has 2 heterocycles. The zero-order chi connectivity index (χ0) is 12.1. The van der Waals surface area contributed by atoms with E-state index in [-0.39, 0.29) is 0 Å². The van der Waals surface area contributed by atoms with E-state index in [1.807, 2.05) is 18.4 Å². The van der Waals surface area contributed by atoms with Gasteiger partial charge in [0.05, 0.1) is 5.69 Å². The molecule has 0 bridgehead atoms. The predicted octanol–water partition coefficient (Wildman–Crippen LogP) is 2.67. The maximum atomic E-state index is 4.73. The molecule has 0 radical (unpaired) electrons. The van der Waals surface area contributed by atoms with Crippen LogP contribution in [-0.2, 0) is 6.42 Å². The first-order valence-electron chi connectivity index (χ1n) is 6.70. The predicted molar refractivity (Wildman–Crippen MR) is 75.0 cm³/mol. The second-order valence-corrected chi connectivity index (χ2v) is 5.55. The van der Waals surface area contributed by atoms with E-state index in [0.717, 1.165) is 13.0 Å². The van der Waals surface area contributed by atoms with Crippen LogP contribution in [-0.4, -0.2) is 31.2 Å². The minimum absolute atomic E-state index is 0.687. The molecule has 3 nitrogen and oxygen atoms in total. The van der Waals surface area contributed by atoms with Crippen LogP contribution in [0.25, 0.3) is 0 Å². The Balaban J connectivity index is 2.04. The summed E-state index contributed by atoms with van der Waals surface area (Å²) >= 11 is 1.81. The molecule has 1 saturated heterocycles. The summed E-state index contributed by atoms with van der Waals surface area (Å²) in [5.74, 6) is 0. The second kappa shape index (κ2) is 6.36.